The monoisotopic (exact) mass is 379 g/mol. The lowest BCUT2D eigenvalue weighted by molar-refractivity contribution is -0.139. The topological polar surface area (TPSA) is 92.7 Å². The number of carbonyl (C=O) groups is 1. The fourth-order valence-electron chi connectivity index (χ4n) is 1.78. The van der Waals surface area contributed by atoms with Gasteiger partial charge in [0.25, 0.3) is 0 Å². The second-order valence-electron chi connectivity index (χ2n) is 4.94. The predicted octanol–water partition coefficient (Wildman–Crippen LogP) is 2.24. The summed E-state index contributed by atoms with van der Waals surface area (Å²) in [5, 5.41) is 9.15. The van der Waals surface area contributed by atoms with Gasteiger partial charge in [-0.05, 0) is 30.5 Å². The highest BCUT2D eigenvalue weighted by molar-refractivity contribution is 9.10. The molecule has 8 heteroatoms. The molecule has 0 spiro atoms. The van der Waals surface area contributed by atoms with E-state index < -0.39 is 22.0 Å². The lowest BCUT2D eigenvalue weighted by atomic mass is 10.1. The Hall–Kier alpha value is -1.12. The van der Waals surface area contributed by atoms with Gasteiger partial charge in [0, 0.05) is 4.47 Å². The molecule has 0 bridgehead atoms. The maximum absolute atomic E-state index is 12.4. The number of carboxylic acid groups (broad SMARTS) is 1. The molecule has 1 atom stereocenters. The van der Waals surface area contributed by atoms with Crippen LogP contribution in [0.5, 0.6) is 5.75 Å². The summed E-state index contributed by atoms with van der Waals surface area (Å²) in [5.74, 6) is -1.01. The van der Waals surface area contributed by atoms with Gasteiger partial charge in [-0.1, -0.05) is 29.8 Å². The number of ether oxygens (including phenoxy) is 1. The third-order valence-corrected chi connectivity index (χ3v) is 4.70. The van der Waals surface area contributed by atoms with E-state index in [9.17, 15) is 13.2 Å². The molecular weight excluding hydrogens is 362 g/mol. The first-order valence-corrected chi connectivity index (χ1v) is 8.53. The first-order chi connectivity index (χ1) is 9.67. The average Bonchev–Trinajstić information content (AvgIpc) is 2.37. The molecular formula is C13H18BrNO5S. The van der Waals surface area contributed by atoms with Crippen molar-refractivity contribution in [3.05, 3.63) is 22.7 Å². The molecule has 0 saturated heterocycles. The van der Waals surface area contributed by atoms with Crippen LogP contribution in [0, 0.1) is 5.92 Å². The number of sulfonamides is 1. The number of hydrogen-bond acceptors (Lipinski definition) is 4. The largest absolute Gasteiger partial charge is 0.495 e. The normalized spacial score (nSPS) is 13.2. The predicted molar refractivity (Wildman–Crippen MR) is 81.9 cm³/mol. The highest BCUT2D eigenvalue weighted by Gasteiger charge is 2.28. The van der Waals surface area contributed by atoms with Crippen LogP contribution in [0.25, 0.3) is 0 Å². The van der Waals surface area contributed by atoms with Gasteiger partial charge in [0.1, 0.15) is 16.7 Å². The van der Waals surface area contributed by atoms with Crippen LogP contribution in [0.15, 0.2) is 27.6 Å². The summed E-state index contributed by atoms with van der Waals surface area (Å²) >= 11 is 3.19. The summed E-state index contributed by atoms with van der Waals surface area (Å²) in [7, 11) is -2.65. The lowest BCUT2D eigenvalue weighted by Crippen LogP contribution is -2.41. The molecule has 1 aromatic carbocycles. The molecule has 6 nitrogen and oxygen atoms in total. The number of methoxy groups -OCH3 is 1. The van der Waals surface area contributed by atoms with Crippen LogP contribution in [-0.2, 0) is 14.8 Å². The first-order valence-electron chi connectivity index (χ1n) is 6.26. The lowest BCUT2D eigenvalue weighted by Gasteiger charge is -2.17. The van der Waals surface area contributed by atoms with Crippen molar-refractivity contribution >= 4 is 31.9 Å². The van der Waals surface area contributed by atoms with E-state index in [0.717, 1.165) is 0 Å². The van der Waals surface area contributed by atoms with Crippen LogP contribution in [0.1, 0.15) is 20.3 Å². The number of rotatable bonds is 7. The van der Waals surface area contributed by atoms with Crippen molar-refractivity contribution in [3.8, 4) is 5.75 Å². The Morgan fingerprint density at radius 3 is 2.52 bits per heavy atom. The standard InChI is InChI=1S/C13H18BrNO5S/c1-8(2)6-10(13(16)17)15-21(18,19)12-7-9(14)4-5-11(12)20-3/h4-5,7-8,10,15H,6H2,1-3H3,(H,16,17). The van der Waals surface area contributed by atoms with Gasteiger partial charge in [0.2, 0.25) is 10.0 Å². The second-order valence-corrected chi connectivity index (χ2v) is 7.53. The van der Waals surface area contributed by atoms with Crippen LogP contribution < -0.4 is 9.46 Å². The Bertz CT molecular complexity index is 615. The number of halogens is 1. The molecule has 0 aromatic heterocycles. The van der Waals surface area contributed by atoms with Crippen molar-refractivity contribution < 1.29 is 23.1 Å². The zero-order valence-corrected chi connectivity index (χ0v) is 14.4. The van der Waals surface area contributed by atoms with E-state index in [1.807, 2.05) is 13.8 Å². The second kappa shape index (κ2) is 7.24. The fourth-order valence-corrected chi connectivity index (χ4v) is 3.69. The summed E-state index contributed by atoms with van der Waals surface area (Å²) in [6.07, 6.45) is 0.199. The van der Waals surface area contributed by atoms with Gasteiger partial charge in [0.05, 0.1) is 7.11 Å². The van der Waals surface area contributed by atoms with E-state index in [1.54, 1.807) is 6.07 Å². The van der Waals surface area contributed by atoms with Crippen molar-refractivity contribution in [2.45, 2.75) is 31.2 Å². The van der Waals surface area contributed by atoms with E-state index in [1.165, 1.54) is 19.2 Å². The van der Waals surface area contributed by atoms with E-state index in [-0.39, 0.29) is 23.0 Å². The Labute approximate surface area is 132 Å². The molecule has 0 saturated carbocycles. The highest BCUT2D eigenvalue weighted by atomic mass is 79.9. The Morgan fingerprint density at radius 2 is 2.05 bits per heavy atom. The van der Waals surface area contributed by atoms with E-state index in [0.29, 0.717) is 4.47 Å². The third-order valence-electron chi connectivity index (χ3n) is 2.72. The SMILES string of the molecule is COc1ccc(Br)cc1S(=O)(=O)NC(CC(C)C)C(=O)O. The fraction of sp³-hybridized carbons (Fsp3) is 0.462. The summed E-state index contributed by atoms with van der Waals surface area (Å²) in [6.45, 7) is 3.65. The zero-order valence-electron chi connectivity index (χ0n) is 12.0. The van der Waals surface area contributed by atoms with Crippen molar-refractivity contribution in [2.24, 2.45) is 5.92 Å². The van der Waals surface area contributed by atoms with Crippen LogP contribution in [0.4, 0.5) is 0 Å². The highest BCUT2D eigenvalue weighted by Crippen LogP contribution is 2.27. The van der Waals surface area contributed by atoms with Crippen LogP contribution in [-0.4, -0.2) is 32.6 Å². The van der Waals surface area contributed by atoms with Crippen molar-refractivity contribution in [1.82, 2.24) is 4.72 Å². The molecule has 0 heterocycles. The number of carboxylic acids is 1. The minimum Gasteiger partial charge on any atom is -0.495 e. The molecule has 0 fully saturated rings. The van der Waals surface area contributed by atoms with Gasteiger partial charge in [-0.15, -0.1) is 0 Å². The molecule has 0 amide bonds. The summed E-state index contributed by atoms with van der Waals surface area (Å²) in [5.41, 5.74) is 0. The average molecular weight is 380 g/mol. The molecule has 2 N–H and O–H groups in total. The van der Waals surface area contributed by atoms with Crippen molar-refractivity contribution in [3.63, 3.8) is 0 Å². The molecule has 0 radical (unpaired) electrons. The first kappa shape index (κ1) is 17.9. The Balaban J connectivity index is 3.16. The molecule has 0 aliphatic heterocycles. The summed E-state index contributed by atoms with van der Waals surface area (Å²) in [6, 6.07) is 3.33. The smallest absolute Gasteiger partial charge is 0.321 e. The van der Waals surface area contributed by atoms with Gasteiger partial charge >= 0.3 is 5.97 Å². The van der Waals surface area contributed by atoms with Gasteiger partial charge in [-0.25, -0.2) is 8.42 Å². The number of benzene rings is 1. The van der Waals surface area contributed by atoms with Gasteiger partial charge < -0.3 is 9.84 Å². The van der Waals surface area contributed by atoms with Gasteiger partial charge in [-0.3, -0.25) is 4.79 Å². The van der Waals surface area contributed by atoms with Crippen LogP contribution in [0.3, 0.4) is 0 Å². The van der Waals surface area contributed by atoms with Crippen LogP contribution >= 0.6 is 15.9 Å². The number of aliphatic carboxylic acids is 1. The van der Waals surface area contributed by atoms with E-state index >= 15 is 0 Å². The minimum absolute atomic E-state index is 0.0400. The molecule has 1 rings (SSSR count). The van der Waals surface area contributed by atoms with Gasteiger partial charge in [-0.2, -0.15) is 4.72 Å². The molecule has 0 aliphatic carbocycles. The molecule has 1 unspecified atom stereocenters. The van der Waals surface area contributed by atoms with E-state index in [2.05, 4.69) is 20.7 Å². The molecule has 118 valence electrons. The Morgan fingerprint density at radius 1 is 1.43 bits per heavy atom. The maximum Gasteiger partial charge on any atom is 0.321 e. The van der Waals surface area contributed by atoms with Gasteiger partial charge in [0.15, 0.2) is 0 Å². The number of hydrogen-bond donors (Lipinski definition) is 2. The maximum atomic E-state index is 12.4. The molecule has 21 heavy (non-hydrogen) atoms. The molecule has 1 aromatic rings. The van der Waals surface area contributed by atoms with Crippen molar-refractivity contribution in [1.29, 1.82) is 0 Å². The summed E-state index contributed by atoms with van der Waals surface area (Å²) < 4.78 is 32.6. The minimum atomic E-state index is -4.00. The quantitative estimate of drug-likeness (QED) is 0.757. The summed E-state index contributed by atoms with van der Waals surface area (Å²) in [4.78, 5) is 11.1. The third kappa shape index (κ3) is 4.98. The van der Waals surface area contributed by atoms with E-state index in [4.69, 9.17) is 9.84 Å². The Kier molecular flexibility index (Phi) is 6.18. The van der Waals surface area contributed by atoms with Crippen LogP contribution in [0.2, 0.25) is 0 Å². The number of nitrogens with one attached hydrogen (secondary N) is 1. The zero-order chi connectivity index (χ0) is 16.2. The van der Waals surface area contributed by atoms with Crippen molar-refractivity contribution in [2.75, 3.05) is 7.11 Å². The molecule has 0 aliphatic rings.